The van der Waals surface area contributed by atoms with E-state index in [1.807, 2.05) is 25.1 Å². The van der Waals surface area contributed by atoms with E-state index < -0.39 is 6.10 Å². The van der Waals surface area contributed by atoms with Crippen molar-refractivity contribution in [2.24, 2.45) is 5.73 Å². The Balaban J connectivity index is 2.36. The maximum Gasteiger partial charge on any atom is 0.140 e. The van der Waals surface area contributed by atoms with E-state index in [9.17, 15) is 0 Å². The summed E-state index contributed by atoms with van der Waals surface area (Å²) < 4.78 is 5.93. The van der Waals surface area contributed by atoms with Gasteiger partial charge in [-0.05, 0) is 25.1 Å². The molecular weight excluding hydrogens is 317 g/mol. The predicted octanol–water partition coefficient (Wildman–Crippen LogP) is 5.11. The summed E-state index contributed by atoms with van der Waals surface area (Å²) in [7, 11) is 0. The molecule has 0 aromatic heterocycles. The topological polar surface area (TPSA) is 35.2 Å². The largest absolute Gasteiger partial charge is 0.482 e. The number of nitrogens with two attached hydrogens (primary N) is 1. The van der Waals surface area contributed by atoms with E-state index in [0.29, 0.717) is 20.8 Å². The SMILES string of the molecule is CC(N)C(Oc1cccc(Cl)c1Cl)c1ccccc1Cl. The molecule has 0 aliphatic rings. The molecule has 0 fully saturated rings. The Kier molecular flexibility index (Phi) is 5.17. The van der Waals surface area contributed by atoms with Crippen molar-refractivity contribution in [1.82, 2.24) is 0 Å². The monoisotopic (exact) mass is 329 g/mol. The van der Waals surface area contributed by atoms with Gasteiger partial charge in [0.1, 0.15) is 16.9 Å². The summed E-state index contributed by atoms with van der Waals surface area (Å²) in [4.78, 5) is 0. The Hall–Kier alpha value is -0.930. The average Bonchev–Trinajstić information content (AvgIpc) is 2.41. The third kappa shape index (κ3) is 3.39. The molecule has 0 bridgehead atoms. The molecule has 0 aliphatic heterocycles. The lowest BCUT2D eigenvalue weighted by atomic mass is 10.0. The van der Waals surface area contributed by atoms with Crippen LogP contribution < -0.4 is 10.5 Å². The van der Waals surface area contributed by atoms with E-state index in [-0.39, 0.29) is 6.04 Å². The molecule has 0 heterocycles. The molecule has 0 radical (unpaired) electrons. The highest BCUT2D eigenvalue weighted by atomic mass is 35.5. The summed E-state index contributed by atoms with van der Waals surface area (Å²) in [5.41, 5.74) is 6.83. The fraction of sp³-hybridized carbons (Fsp3) is 0.200. The first-order chi connectivity index (χ1) is 9.50. The average molecular weight is 331 g/mol. The van der Waals surface area contributed by atoms with Crippen molar-refractivity contribution in [2.45, 2.75) is 19.1 Å². The number of rotatable bonds is 4. The van der Waals surface area contributed by atoms with E-state index in [0.717, 1.165) is 5.56 Å². The molecule has 2 aromatic rings. The smallest absolute Gasteiger partial charge is 0.140 e. The molecule has 5 heteroatoms. The molecule has 0 spiro atoms. The van der Waals surface area contributed by atoms with Crippen molar-refractivity contribution in [3.05, 3.63) is 63.1 Å². The van der Waals surface area contributed by atoms with Crippen LogP contribution in [0.3, 0.4) is 0 Å². The fourth-order valence-electron chi connectivity index (χ4n) is 1.87. The second-order valence-corrected chi connectivity index (χ2v) is 5.66. The zero-order valence-electron chi connectivity index (χ0n) is 10.8. The molecule has 2 atom stereocenters. The highest BCUT2D eigenvalue weighted by Crippen LogP contribution is 2.36. The minimum Gasteiger partial charge on any atom is -0.482 e. The Labute approximate surface area is 133 Å². The van der Waals surface area contributed by atoms with Crippen molar-refractivity contribution < 1.29 is 4.74 Å². The molecule has 0 saturated carbocycles. The minimum atomic E-state index is -0.403. The summed E-state index contributed by atoms with van der Waals surface area (Å²) in [6, 6.07) is 12.4. The highest BCUT2D eigenvalue weighted by Gasteiger charge is 2.22. The number of hydrogen-bond acceptors (Lipinski definition) is 2. The third-order valence-corrected chi connectivity index (χ3v) is 4.01. The Morgan fingerprint density at radius 3 is 2.25 bits per heavy atom. The number of hydrogen-bond donors (Lipinski definition) is 1. The van der Waals surface area contributed by atoms with E-state index in [1.165, 1.54) is 0 Å². The Bertz CT molecular complexity index is 601. The normalized spacial score (nSPS) is 13.8. The molecule has 2 rings (SSSR count). The van der Waals surface area contributed by atoms with Crippen molar-refractivity contribution in [3.8, 4) is 5.75 Å². The predicted molar refractivity (Wildman–Crippen MR) is 84.9 cm³/mol. The van der Waals surface area contributed by atoms with Crippen LogP contribution in [0.1, 0.15) is 18.6 Å². The lowest BCUT2D eigenvalue weighted by Gasteiger charge is -2.24. The quantitative estimate of drug-likeness (QED) is 0.845. The van der Waals surface area contributed by atoms with Gasteiger partial charge in [-0.15, -0.1) is 0 Å². The van der Waals surface area contributed by atoms with E-state index in [2.05, 4.69) is 0 Å². The van der Waals surface area contributed by atoms with Gasteiger partial charge in [0.2, 0.25) is 0 Å². The van der Waals surface area contributed by atoms with Gasteiger partial charge in [-0.2, -0.15) is 0 Å². The molecule has 2 N–H and O–H groups in total. The molecular formula is C15H14Cl3NO. The molecule has 2 unspecified atom stereocenters. The van der Waals surface area contributed by atoms with Crippen LogP contribution in [0.2, 0.25) is 15.1 Å². The van der Waals surface area contributed by atoms with Gasteiger partial charge in [0, 0.05) is 16.6 Å². The maximum atomic E-state index is 6.21. The van der Waals surface area contributed by atoms with Crippen LogP contribution in [0.25, 0.3) is 0 Å². The summed E-state index contributed by atoms with van der Waals surface area (Å²) in [6.45, 7) is 1.85. The molecule has 0 aliphatic carbocycles. The van der Waals surface area contributed by atoms with Crippen LogP contribution in [0, 0.1) is 0 Å². The van der Waals surface area contributed by atoms with Gasteiger partial charge in [-0.1, -0.05) is 59.1 Å². The second kappa shape index (κ2) is 6.68. The van der Waals surface area contributed by atoms with Crippen LogP contribution in [0.5, 0.6) is 5.75 Å². The van der Waals surface area contributed by atoms with E-state index in [4.69, 9.17) is 45.3 Å². The zero-order chi connectivity index (χ0) is 14.7. The Morgan fingerprint density at radius 1 is 0.950 bits per heavy atom. The van der Waals surface area contributed by atoms with Gasteiger partial charge in [0.05, 0.1) is 5.02 Å². The summed E-state index contributed by atoms with van der Waals surface area (Å²) in [5, 5.41) is 1.41. The van der Waals surface area contributed by atoms with Gasteiger partial charge in [0.15, 0.2) is 0 Å². The van der Waals surface area contributed by atoms with Gasteiger partial charge >= 0.3 is 0 Å². The van der Waals surface area contributed by atoms with Gasteiger partial charge in [-0.25, -0.2) is 0 Å². The lowest BCUT2D eigenvalue weighted by Crippen LogP contribution is -2.29. The van der Waals surface area contributed by atoms with Crippen molar-refractivity contribution >= 4 is 34.8 Å². The van der Waals surface area contributed by atoms with Crippen molar-refractivity contribution in [3.63, 3.8) is 0 Å². The molecule has 0 amide bonds. The van der Waals surface area contributed by atoms with Crippen LogP contribution >= 0.6 is 34.8 Å². The second-order valence-electron chi connectivity index (χ2n) is 4.47. The molecule has 2 nitrogen and oxygen atoms in total. The van der Waals surface area contributed by atoms with Crippen molar-refractivity contribution in [2.75, 3.05) is 0 Å². The zero-order valence-corrected chi connectivity index (χ0v) is 13.1. The molecule has 0 saturated heterocycles. The number of benzene rings is 2. The Morgan fingerprint density at radius 2 is 1.60 bits per heavy atom. The number of ether oxygens (including phenoxy) is 1. The van der Waals surface area contributed by atoms with Crippen LogP contribution in [-0.2, 0) is 0 Å². The van der Waals surface area contributed by atoms with Gasteiger partial charge in [0.25, 0.3) is 0 Å². The summed E-state index contributed by atoms with van der Waals surface area (Å²) >= 11 is 18.3. The fourth-order valence-corrected chi connectivity index (χ4v) is 2.45. The molecule has 20 heavy (non-hydrogen) atoms. The lowest BCUT2D eigenvalue weighted by molar-refractivity contribution is 0.180. The molecule has 106 valence electrons. The third-order valence-electron chi connectivity index (χ3n) is 2.86. The molecule has 2 aromatic carbocycles. The van der Waals surface area contributed by atoms with Gasteiger partial charge < -0.3 is 10.5 Å². The maximum absolute atomic E-state index is 6.21. The van der Waals surface area contributed by atoms with Crippen LogP contribution in [-0.4, -0.2) is 6.04 Å². The van der Waals surface area contributed by atoms with E-state index >= 15 is 0 Å². The highest BCUT2D eigenvalue weighted by molar-refractivity contribution is 6.42. The van der Waals surface area contributed by atoms with Crippen molar-refractivity contribution in [1.29, 1.82) is 0 Å². The minimum absolute atomic E-state index is 0.259. The number of halogens is 3. The van der Waals surface area contributed by atoms with Crippen LogP contribution in [0.4, 0.5) is 0 Å². The summed E-state index contributed by atoms with van der Waals surface area (Å²) in [6.07, 6.45) is -0.403. The first-order valence-electron chi connectivity index (χ1n) is 6.11. The standard InChI is InChI=1S/C15H14Cl3NO/c1-9(19)15(10-5-2-3-6-11(10)16)20-13-8-4-7-12(17)14(13)18/h2-9,15H,19H2,1H3. The first kappa shape index (κ1) is 15.5. The summed E-state index contributed by atoms with van der Waals surface area (Å²) in [5.74, 6) is 0.487. The van der Waals surface area contributed by atoms with Gasteiger partial charge in [-0.3, -0.25) is 0 Å². The van der Waals surface area contributed by atoms with Crippen LogP contribution in [0.15, 0.2) is 42.5 Å². The first-order valence-corrected chi connectivity index (χ1v) is 7.24. The van der Waals surface area contributed by atoms with E-state index in [1.54, 1.807) is 24.3 Å².